The summed E-state index contributed by atoms with van der Waals surface area (Å²) in [5.41, 5.74) is 4.25. The van der Waals surface area contributed by atoms with Gasteiger partial charge >= 0.3 is 6.03 Å². The molecule has 0 bridgehead atoms. The molecule has 5 N–H and O–H groups in total. The number of benzene rings is 1. The van der Waals surface area contributed by atoms with E-state index in [1.165, 1.54) is 4.90 Å². The van der Waals surface area contributed by atoms with Crippen molar-refractivity contribution in [3.05, 3.63) is 30.3 Å². The van der Waals surface area contributed by atoms with Gasteiger partial charge in [-0.15, -0.1) is 0 Å². The number of carbonyl (C=O) groups is 5. The number of nitrogens with zero attached hydrogens (tertiary/aromatic N) is 1. The van der Waals surface area contributed by atoms with Crippen LogP contribution in [0.15, 0.2) is 30.3 Å². The lowest BCUT2D eigenvalue weighted by Crippen LogP contribution is -2.62. The minimum Gasteiger partial charge on any atom is -0.491 e. The van der Waals surface area contributed by atoms with Crippen molar-refractivity contribution >= 4 is 29.5 Å². The number of nitrogens with one attached hydrogen (secondary N) is 3. The summed E-state index contributed by atoms with van der Waals surface area (Å²) in [4.78, 5) is 67.4. The van der Waals surface area contributed by atoms with Gasteiger partial charge in [-0.25, -0.2) is 4.79 Å². The molecule has 0 radical (unpaired) electrons. The van der Waals surface area contributed by atoms with Crippen molar-refractivity contribution in [1.82, 2.24) is 20.9 Å². The average molecular weight is 628 g/mol. The minimum atomic E-state index is -1.09. The molecule has 5 atom stereocenters. The zero-order valence-corrected chi connectivity index (χ0v) is 28.1. The lowest BCUT2D eigenvalue weighted by molar-refractivity contribution is -0.144. The van der Waals surface area contributed by atoms with E-state index in [1.54, 1.807) is 0 Å². The van der Waals surface area contributed by atoms with Gasteiger partial charge in [0.1, 0.15) is 24.4 Å². The molecule has 1 saturated carbocycles. The number of rotatable bonds is 13. The summed E-state index contributed by atoms with van der Waals surface area (Å²) in [6.45, 7) is 16.1. The number of amides is 5. The Morgan fingerprint density at radius 1 is 0.911 bits per heavy atom. The molecule has 2 aliphatic rings. The first-order valence-electron chi connectivity index (χ1n) is 16.1. The molecule has 1 unspecified atom stereocenters. The van der Waals surface area contributed by atoms with Crippen LogP contribution in [0.3, 0.4) is 0 Å². The third-order valence-corrected chi connectivity index (χ3v) is 8.89. The number of hydrogen-bond acceptors (Lipinski definition) is 6. The second-order valence-electron chi connectivity index (χ2n) is 15.1. The van der Waals surface area contributed by atoms with Crippen molar-refractivity contribution in [1.29, 1.82) is 0 Å². The molecule has 1 heterocycles. The normalized spacial score (nSPS) is 20.6. The number of primary amides is 1. The Balaban J connectivity index is 1.79. The van der Waals surface area contributed by atoms with E-state index >= 15 is 0 Å². The molecule has 250 valence electrons. The van der Waals surface area contributed by atoms with E-state index in [0.717, 1.165) is 12.8 Å². The minimum absolute atomic E-state index is 0.0637. The number of nitrogens with two attached hydrogens (primary N) is 1. The van der Waals surface area contributed by atoms with E-state index in [1.807, 2.05) is 85.7 Å². The number of carbonyl (C=O) groups excluding carboxylic acids is 5. The molecule has 1 aromatic rings. The van der Waals surface area contributed by atoms with Crippen LogP contribution in [-0.4, -0.2) is 71.8 Å². The Kier molecular flexibility index (Phi) is 11.7. The fourth-order valence-corrected chi connectivity index (χ4v) is 5.79. The zero-order chi connectivity index (χ0) is 33.7. The molecule has 0 aromatic heterocycles. The van der Waals surface area contributed by atoms with Crippen LogP contribution in [0.5, 0.6) is 5.75 Å². The molecule has 2 fully saturated rings. The molecule has 1 aliphatic carbocycles. The van der Waals surface area contributed by atoms with Crippen molar-refractivity contribution in [3.63, 3.8) is 0 Å². The van der Waals surface area contributed by atoms with Gasteiger partial charge in [-0.3, -0.25) is 19.2 Å². The molecule has 11 nitrogen and oxygen atoms in total. The highest BCUT2D eigenvalue weighted by Gasteiger charge is 2.48. The molecule has 1 aromatic carbocycles. The zero-order valence-electron chi connectivity index (χ0n) is 28.1. The van der Waals surface area contributed by atoms with Gasteiger partial charge in [-0.1, -0.05) is 86.4 Å². The first kappa shape index (κ1) is 35.8. The highest BCUT2D eigenvalue weighted by Crippen LogP contribution is 2.35. The van der Waals surface area contributed by atoms with Gasteiger partial charge in [-0.05, 0) is 53.6 Å². The van der Waals surface area contributed by atoms with Gasteiger partial charge in [0.15, 0.2) is 0 Å². The fourth-order valence-electron chi connectivity index (χ4n) is 5.79. The van der Waals surface area contributed by atoms with E-state index < -0.39 is 47.2 Å². The van der Waals surface area contributed by atoms with Crippen LogP contribution >= 0.6 is 0 Å². The smallest absolute Gasteiger partial charge is 0.315 e. The Morgan fingerprint density at radius 3 is 2.04 bits per heavy atom. The van der Waals surface area contributed by atoms with Crippen LogP contribution < -0.4 is 26.4 Å². The number of Topliss-reactive ketones (excluding diaryl/α,β-unsaturated/α-hetero) is 1. The summed E-state index contributed by atoms with van der Waals surface area (Å²) < 4.78 is 5.95. The number of likely N-dealkylation sites (tertiary alicyclic amines) is 1. The van der Waals surface area contributed by atoms with Gasteiger partial charge in [-0.2, -0.15) is 0 Å². The second-order valence-corrected chi connectivity index (χ2v) is 15.1. The highest BCUT2D eigenvalue weighted by molar-refractivity contribution is 6.37. The molecule has 45 heavy (non-hydrogen) atoms. The molecule has 1 aliphatic heterocycles. The summed E-state index contributed by atoms with van der Waals surface area (Å²) >= 11 is 0. The van der Waals surface area contributed by atoms with Crippen LogP contribution in [-0.2, 0) is 19.2 Å². The van der Waals surface area contributed by atoms with Gasteiger partial charge in [0.25, 0.3) is 5.91 Å². The maximum Gasteiger partial charge on any atom is 0.315 e. The Morgan fingerprint density at radius 2 is 1.53 bits per heavy atom. The van der Waals surface area contributed by atoms with E-state index in [0.29, 0.717) is 25.1 Å². The molecule has 11 heteroatoms. The lowest BCUT2D eigenvalue weighted by atomic mass is 9.84. The lowest BCUT2D eigenvalue weighted by Gasteiger charge is -2.38. The van der Waals surface area contributed by atoms with Gasteiger partial charge in [0, 0.05) is 6.54 Å². The van der Waals surface area contributed by atoms with Crippen LogP contribution in [0, 0.1) is 28.6 Å². The summed E-state index contributed by atoms with van der Waals surface area (Å²) in [5.74, 6) is -1.95. The first-order chi connectivity index (χ1) is 20.9. The summed E-state index contributed by atoms with van der Waals surface area (Å²) in [7, 11) is 0. The van der Waals surface area contributed by atoms with E-state index in [9.17, 15) is 24.0 Å². The van der Waals surface area contributed by atoms with Crippen LogP contribution in [0.4, 0.5) is 4.79 Å². The van der Waals surface area contributed by atoms with Crippen molar-refractivity contribution in [2.75, 3.05) is 13.2 Å². The standard InChI is InChI=1S/C34H53N5O6/c1-20(2)23-16-17-39(26(23)30(42)36-24(18-21-14-15-21)27(40)29(35)41)31(43)28(34(6,7)8)38-32(44)37-25(33(3,4)5)19-45-22-12-10-9-11-13-22/h9-13,20-21,23-26,28H,14-19H2,1-8H3,(H2,35,41)(H,36,42)(H2,37,38,44)/t23-,24?,25-,26+,28-/m1/s1. The van der Waals surface area contributed by atoms with Gasteiger partial charge in [0.05, 0.1) is 12.1 Å². The van der Waals surface area contributed by atoms with Crippen molar-refractivity contribution in [3.8, 4) is 5.75 Å². The number of para-hydroxylation sites is 1. The number of hydrogen-bond donors (Lipinski definition) is 4. The average Bonchev–Trinajstić information content (AvgIpc) is 3.65. The predicted molar refractivity (Wildman–Crippen MR) is 172 cm³/mol. The third-order valence-electron chi connectivity index (χ3n) is 8.89. The Bertz CT molecular complexity index is 1220. The molecule has 0 spiro atoms. The fraction of sp³-hybridized carbons (Fsp3) is 0.676. The van der Waals surface area contributed by atoms with Crippen LogP contribution in [0.1, 0.15) is 81.1 Å². The molecule has 1 saturated heterocycles. The topological polar surface area (TPSA) is 160 Å². The maximum atomic E-state index is 14.3. The predicted octanol–water partition coefficient (Wildman–Crippen LogP) is 3.41. The van der Waals surface area contributed by atoms with E-state index in [-0.39, 0.29) is 41.7 Å². The second kappa shape index (κ2) is 14.6. The first-order valence-corrected chi connectivity index (χ1v) is 16.1. The van der Waals surface area contributed by atoms with Crippen LogP contribution in [0.2, 0.25) is 0 Å². The molecule has 5 amide bonds. The van der Waals surface area contributed by atoms with Gasteiger partial charge < -0.3 is 31.3 Å². The largest absolute Gasteiger partial charge is 0.491 e. The monoisotopic (exact) mass is 627 g/mol. The SMILES string of the molecule is CC(C)[C@H]1CCN(C(=O)[C@@H](NC(=O)N[C@H](COc2ccccc2)C(C)(C)C)C(C)(C)C)[C@@H]1C(=O)NC(CC1CC1)C(=O)C(N)=O. The molecular weight excluding hydrogens is 574 g/mol. The van der Waals surface area contributed by atoms with Crippen molar-refractivity contribution in [2.24, 2.45) is 34.3 Å². The quantitative estimate of drug-likeness (QED) is 0.245. The van der Waals surface area contributed by atoms with E-state index in [2.05, 4.69) is 16.0 Å². The van der Waals surface area contributed by atoms with Gasteiger partial charge in [0.2, 0.25) is 17.6 Å². The summed E-state index contributed by atoms with van der Waals surface area (Å²) in [5, 5.41) is 8.68. The number of ketones is 1. The maximum absolute atomic E-state index is 14.3. The van der Waals surface area contributed by atoms with Crippen molar-refractivity contribution in [2.45, 2.75) is 105 Å². The van der Waals surface area contributed by atoms with E-state index in [4.69, 9.17) is 10.5 Å². The summed E-state index contributed by atoms with van der Waals surface area (Å²) in [6, 6.07) is 5.60. The third kappa shape index (κ3) is 9.93. The highest BCUT2D eigenvalue weighted by atomic mass is 16.5. The Hall–Kier alpha value is -3.63. The molecular formula is C34H53N5O6. The van der Waals surface area contributed by atoms with Crippen LogP contribution in [0.25, 0.3) is 0 Å². The number of urea groups is 1. The molecule has 3 rings (SSSR count). The number of ether oxygens (including phenoxy) is 1. The summed E-state index contributed by atoms with van der Waals surface area (Å²) in [6.07, 6.45) is 2.79. The van der Waals surface area contributed by atoms with Crippen molar-refractivity contribution < 1.29 is 28.7 Å². The Labute approximate surface area is 267 Å².